The highest BCUT2D eigenvalue weighted by atomic mass is 32.2. The van der Waals surface area contributed by atoms with Crippen LogP contribution >= 0.6 is 11.8 Å². The molecule has 0 aliphatic heterocycles. The van der Waals surface area contributed by atoms with Crippen molar-refractivity contribution < 1.29 is 9.66 Å². The van der Waals surface area contributed by atoms with Gasteiger partial charge in [-0.15, -0.1) is 11.8 Å². The number of ether oxygens (including phenoxy) is 1. The fraction of sp³-hybridized carbons (Fsp3) is 0.400. The minimum atomic E-state index is -0.394. The molecule has 1 aromatic rings. The van der Waals surface area contributed by atoms with Gasteiger partial charge in [-0.2, -0.15) is 0 Å². The van der Waals surface area contributed by atoms with Crippen LogP contribution in [0.2, 0.25) is 0 Å². The van der Waals surface area contributed by atoms with E-state index in [1.807, 2.05) is 6.92 Å². The topological polar surface area (TPSA) is 52.4 Å². The first kappa shape index (κ1) is 12.0. The van der Waals surface area contributed by atoms with E-state index in [2.05, 4.69) is 0 Å². The fourth-order valence-corrected chi connectivity index (χ4v) is 1.79. The maximum absolute atomic E-state index is 10.4. The number of nitro benzene ring substituents is 1. The molecule has 0 fully saturated rings. The lowest BCUT2D eigenvalue weighted by molar-refractivity contribution is -0.384. The van der Waals surface area contributed by atoms with Crippen molar-refractivity contribution in [1.29, 1.82) is 0 Å². The summed E-state index contributed by atoms with van der Waals surface area (Å²) in [6.07, 6.45) is 0. The molecule has 0 bridgehead atoms. The predicted molar refractivity (Wildman–Crippen MR) is 60.3 cm³/mol. The molecule has 15 heavy (non-hydrogen) atoms. The fourth-order valence-electron chi connectivity index (χ4n) is 1.03. The lowest BCUT2D eigenvalue weighted by Crippen LogP contribution is -1.95. The van der Waals surface area contributed by atoms with Gasteiger partial charge >= 0.3 is 0 Å². The van der Waals surface area contributed by atoms with E-state index in [1.54, 1.807) is 23.9 Å². The van der Waals surface area contributed by atoms with Crippen molar-refractivity contribution in [3.8, 4) is 0 Å². The molecule has 5 heteroatoms. The summed E-state index contributed by atoms with van der Waals surface area (Å²) in [7, 11) is 0. The molecule has 0 amide bonds. The van der Waals surface area contributed by atoms with Gasteiger partial charge < -0.3 is 4.74 Å². The van der Waals surface area contributed by atoms with E-state index in [1.165, 1.54) is 12.1 Å². The molecule has 0 aliphatic rings. The van der Waals surface area contributed by atoms with Gasteiger partial charge in [0.2, 0.25) is 0 Å². The molecule has 1 aromatic carbocycles. The van der Waals surface area contributed by atoms with Crippen LogP contribution in [-0.4, -0.2) is 23.9 Å². The van der Waals surface area contributed by atoms with E-state index in [-0.39, 0.29) is 5.69 Å². The Balaban J connectivity index is 2.39. The third kappa shape index (κ3) is 4.31. The van der Waals surface area contributed by atoms with E-state index < -0.39 is 4.92 Å². The van der Waals surface area contributed by atoms with Gasteiger partial charge in [-0.25, -0.2) is 0 Å². The van der Waals surface area contributed by atoms with Crippen LogP contribution in [0.1, 0.15) is 6.92 Å². The maximum atomic E-state index is 10.4. The Bertz CT molecular complexity index is 313. The van der Waals surface area contributed by atoms with Gasteiger partial charge in [-0.1, -0.05) is 0 Å². The number of hydrogen-bond donors (Lipinski definition) is 0. The Morgan fingerprint density at radius 3 is 2.60 bits per heavy atom. The molecule has 0 atom stereocenters. The van der Waals surface area contributed by atoms with E-state index in [4.69, 9.17) is 4.74 Å². The van der Waals surface area contributed by atoms with Crippen LogP contribution in [0.5, 0.6) is 0 Å². The first-order valence-corrected chi connectivity index (χ1v) is 5.67. The van der Waals surface area contributed by atoms with E-state index in [0.29, 0.717) is 6.61 Å². The Morgan fingerprint density at radius 1 is 1.40 bits per heavy atom. The number of non-ortho nitro benzene ring substituents is 1. The van der Waals surface area contributed by atoms with Crippen molar-refractivity contribution in [2.24, 2.45) is 0 Å². The zero-order valence-electron chi connectivity index (χ0n) is 8.51. The summed E-state index contributed by atoms with van der Waals surface area (Å²) in [6.45, 7) is 3.38. The van der Waals surface area contributed by atoms with Crippen LogP contribution in [0, 0.1) is 10.1 Å². The molecule has 0 unspecified atom stereocenters. The molecule has 0 spiro atoms. The highest BCUT2D eigenvalue weighted by Gasteiger charge is 2.03. The lowest BCUT2D eigenvalue weighted by Gasteiger charge is -2.01. The van der Waals surface area contributed by atoms with Gasteiger partial charge in [-0.05, 0) is 19.1 Å². The van der Waals surface area contributed by atoms with Crippen LogP contribution in [0.25, 0.3) is 0 Å². The summed E-state index contributed by atoms with van der Waals surface area (Å²) in [5, 5.41) is 10.4. The summed E-state index contributed by atoms with van der Waals surface area (Å²) < 4.78 is 5.19. The number of thioether (sulfide) groups is 1. The van der Waals surface area contributed by atoms with E-state index in [0.717, 1.165) is 17.3 Å². The average molecular weight is 227 g/mol. The SMILES string of the molecule is CCOCCSc1ccc([N+](=O)[O-])cc1. The smallest absolute Gasteiger partial charge is 0.269 e. The lowest BCUT2D eigenvalue weighted by atomic mass is 10.3. The molecule has 0 aromatic heterocycles. The maximum Gasteiger partial charge on any atom is 0.269 e. The Hall–Kier alpha value is -1.07. The quantitative estimate of drug-likeness (QED) is 0.324. The third-order valence-corrected chi connectivity index (χ3v) is 2.72. The van der Waals surface area contributed by atoms with Gasteiger partial charge in [0.15, 0.2) is 0 Å². The second-order valence-corrected chi connectivity index (χ2v) is 3.96. The molecule has 0 heterocycles. The summed E-state index contributed by atoms with van der Waals surface area (Å²) in [4.78, 5) is 11.0. The predicted octanol–water partition coefficient (Wildman–Crippen LogP) is 2.72. The first-order chi connectivity index (χ1) is 7.24. The zero-order valence-corrected chi connectivity index (χ0v) is 9.33. The number of rotatable bonds is 6. The molecular weight excluding hydrogens is 214 g/mol. The van der Waals surface area contributed by atoms with E-state index in [9.17, 15) is 10.1 Å². The van der Waals surface area contributed by atoms with Gasteiger partial charge in [0.05, 0.1) is 11.5 Å². The highest BCUT2D eigenvalue weighted by molar-refractivity contribution is 7.99. The average Bonchev–Trinajstić information content (AvgIpc) is 2.25. The van der Waals surface area contributed by atoms with Crippen molar-refractivity contribution in [3.63, 3.8) is 0 Å². The minimum Gasteiger partial charge on any atom is -0.381 e. The molecular formula is C10H13NO3S. The number of benzene rings is 1. The van der Waals surface area contributed by atoms with Gasteiger partial charge in [0, 0.05) is 29.4 Å². The Kier molecular flexibility index (Phi) is 5.14. The molecule has 0 N–H and O–H groups in total. The van der Waals surface area contributed by atoms with Gasteiger partial charge in [0.1, 0.15) is 0 Å². The summed E-state index contributed by atoms with van der Waals surface area (Å²) in [5.74, 6) is 0.867. The standard InChI is InChI=1S/C10H13NO3S/c1-2-14-7-8-15-10-5-3-9(4-6-10)11(12)13/h3-6H,2,7-8H2,1H3. The molecule has 0 saturated heterocycles. The molecule has 4 nitrogen and oxygen atoms in total. The van der Waals surface area contributed by atoms with Crippen molar-refractivity contribution >= 4 is 17.4 Å². The molecule has 82 valence electrons. The van der Waals surface area contributed by atoms with Crippen LogP contribution in [0.15, 0.2) is 29.2 Å². The monoisotopic (exact) mass is 227 g/mol. The molecule has 0 aliphatic carbocycles. The van der Waals surface area contributed by atoms with Crippen molar-refractivity contribution in [3.05, 3.63) is 34.4 Å². The second-order valence-electron chi connectivity index (χ2n) is 2.80. The normalized spacial score (nSPS) is 10.2. The molecule has 0 saturated carbocycles. The van der Waals surface area contributed by atoms with Crippen molar-refractivity contribution in [2.45, 2.75) is 11.8 Å². The summed E-state index contributed by atoms with van der Waals surface area (Å²) >= 11 is 1.63. The van der Waals surface area contributed by atoms with Crippen LogP contribution in [0.3, 0.4) is 0 Å². The highest BCUT2D eigenvalue weighted by Crippen LogP contribution is 2.20. The first-order valence-electron chi connectivity index (χ1n) is 4.69. The summed E-state index contributed by atoms with van der Waals surface area (Å²) in [6, 6.07) is 6.55. The molecule has 0 radical (unpaired) electrons. The minimum absolute atomic E-state index is 0.129. The van der Waals surface area contributed by atoms with Crippen LogP contribution < -0.4 is 0 Å². The van der Waals surface area contributed by atoms with Crippen molar-refractivity contribution in [1.82, 2.24) is 0 Å². The number of nitro groups is 1. The van der Waals surface area contributed by atoms with Crippen molar-refractivity contribution in [2.75, 3.05) is 19.0 Å². The van der Waals surface area contributed by atoms with E-state index >= 15 is 0 Å². The van der Waals surface area contributed by atoms with Gasteiger partial charge in [0.25, 0.3) is 5.69 Å². The number of nitrogens with zero attached hydrogens (tertiary/aromatic N) is 1. The van der Waals surface area contributed by atoms with Crippen LogP contribution in [0.4, 0.5) is 5.69 Å². The number of hydrogen-bond acceptors (Lipinski definition) is 4. The van der Waals surface area contributed by atoms with Crippen LogP contribution in [-0.2, 0) is 4.74 Å². The third-order valence-electron chi connectivity index (χ3n) is 1.75. The largest absolute Gasteiger partial charge is 0.381 e. The molecule has 1 rings (SSSR count). The zero-order chi connectivity index (χ0) is 11.1. The summed E-state index contributed by atoms with van der Waals surface area (Å²) in [5.41, 5.74) is 0.129. The Morgan fingerprint density at radius 2 is 2.07 bits per heavy atom. The Labute approximate surface area is 92.8 Å². The second kappa shape index (κ2) is 6.42. The van der Waals surface area contributed by atoms with Gasteiger partial charge in [-0.3, -0.25) is 10.1 Å².